The van der Waals surface area contributed by atoms with Gasteiger partial charge in [-0.05, 0) is 49.7 Å². The average molecular weight is 340 g/mol. The lowest BCUT2D eigenvalue weighted by Gasteiger charge is -2.21. The summed E-state index contributed by atoms with van der Waals surface area (Å²) in [6.45, 7) is 3.82. The number of hydrogen-bond donors (Lipinski definition) is 1. The first kappa shape index (κ1) is 15.1. The monoisotopic (exact) mass is 339 g/mol. The number of hydrogen-bond acceptors (Lipinski definition) is 1. The maximum Gasteiger partial charge on any atom is 0.128 e. The van der Waals surface area contributed by atoms with E-state index < -0.39 is 0 Å². The van der Waals surface area contributed by atoms with Crippen molar-refractivity contribution in [1.82, 2.24) is 5.32 Å². The smallest absolute Gasteiger partial charge is 0.128 e. The fourth-order valence-electron chi connectivity index (χ4n) is 2.18. The van der Waals surface area contributed by atoms with Gasteiger partial charge < -0.3 is 5.32 Å². The lowest BCUT2D eigenvalue weighted by Crippen LogP contribution is -2.23. The summed E-state index contributed by atoms with van der Waals surface area (Å²) in [4.78, 5) is 0. The molecule has 0 amide bonds. The fraction of sp³-hybridized carbons (Fsp3) is 0.250. The first-order chi connectivity index (χ1) is 9.47. The van der Waals surface area contributed by atoms with Crippen molar-refractivity contribution in [3.05, 3.63) is 69.7 Å². The predicted molar refractivity (Wildman–Crippen MR) is 80.5 cm³/mol. The lowest BCUT2D eigenvalue weighted by atomic mass is 10.0. The van der Waals surface area contributed by atoms with Crippen molar-refractivity contribution >= 4 is 15.9 Å². The molecule has 1 N–H and O–H groups in total. The van der Waals surface area contributed by atoms with Crippen LogP contribution in [0, 0.1) is 11.6 Å². The van der Waals surface area contributed by atoms with E-state index in [9.17, 15) is 8.78 Å². The van der Waals surface area contributed by atoms with Crippen LogP contribution in [-0.4, -0.2) is 0 Å². The number of rotatable bonds is 4. The normalized spacial score (nSPS) is 14.1. The first-order valence-corrected chi connectivity index (χ1v) is 7.23. The molecule has 0 aliphatic heterocycles. The van der Waals surface area contributed by atoms with E-state index in [1.165, 1.54) is 18.2 Å². The van der Waals surface area contributed by atoms with E-state index >= 15 is 0 Å². The molecule has 2 aromatic carbocycles. The molecule has 0 aliphatic carbocycles. The molecule has 0 radical (unpaired) electrons. The lowest BCUT2D eigenvalue weighted by molar-refractivity contribution is 0.472. The zero-order chi connectivity index (χ0) is 14.7. The molecule has 0 saturated carbocycles. The molecule has 0 spiro atoms. The third-order valence-corrected chi connectivity index (χ3v) is 3.77. The van der Waals surface area contributed by atoms with Crippen LogP contribution in [0.25, 0.3) is 0 Å². The summed E-state index contributed by atoms with van der Waals surface area (Å²) < 4.78 is 27.9. The molecule has 1 nitrogen and oxygen atoms in total. The zero-order valence-corrected chi connectivity index (χ0v) is 12.9. The maximum absolute atomic E-state index is 13.8. The molecule has 4 heteroatoms. The zero-order valence-electron chi connectivity index (χ0n) is 11.3. The highest BCUT2D eigenvalue weighted by atomic mass is 79.9. The Balaban J connectivity index is 2.15. The molecular weight excluding hydrogens is 324 g/mol. The van der Waals surface area contributed by atoms with E-state index in [0.29, 0.717) is 5.56 Å². The van der Waals surface area contributed by atoms with Gasteiger partial charge in [0.1, 0.15) is 11.6 Å². The van der Waals surface area contributed by atoms with Crippen molar-refractivity contribution in [3.63, 3.8) is 0 Å². The topological polar surface area (TPSA) is 12.0 Å². The summed E-state index contributed by atoms with van der Waals surface area (Å²) in [5, 5.41) is 3.28. The van der Waals surface area contributed by atoms with Gasteiger partial charge in [-0.3, -0.25) is 0 Å². The minimum Gasteiger partial charge on any atom is -0.304 e. The van der Waals surface area contributed by atoms with Gasteiger partial charge in [0.15, 0.2) is 0 Å². The summed E-state index contributed by atoms with van der Waals surface area (Å²) in [5.41, 5.74) is 1.43. The molecule has 2 aromatic rings. The Morgan fingerprint density at radius 3 is 2.45 bits per heavy atom. The molecule has 2 rings (SSSR count). The second-order valence-corrected chi connectivity index (χ2v) is 5.75. The van der Waals surface area contributed by atoms with E-state index in [0.717, 1.165) is 10.0 Å². The third-order valence-electron chi connectivity index (χ3n) is 3.27. The second-order valence-electron chi connectivity index (χ2n) is 4.83. The maximum atomic E-state index is 13.8. The van der Waals surface area contributed by atoms with Gasteiger partial charge >= 0.3 is 0 Å². The van der Waals surface area contributed by atoms with Gasteiger partial charge in [0, 0.05) is 22.1 Å². The molecule has 1 unspecified atom stereocenters. The van der Waals surface area contributed by atoms with Crippen LogP contribution < -0.4 is 5.32 Å². The van der Waals surface area contributed by atoms with Gasteiger partial charge in [0.25, 0.3) is 0 Å². The standard InChI is InChI=1S/C16H16BrF2N/c1-10(12-4-3-5-14(18)8-12)20-11(2)15-9-13(17)6-7-16(15)19/h3-11,20H,1-2H3/t10-,11?/m1/s1. The van der Waals surface area contributed by atoms with E-state index in [1.54, 1.807) is 18.2 Å². The van der Waals surface area contributed by atoms with Crippen LogP contribution in [0.5, 0.6) is 0 Å². The SMILES string of the molecule is CC(N[C@H](C)c1cccc(F)c1)c1cc(Br)ccc1F. The summed E-state index contributed by atoms with van der Waals surface area (Å²) in [6, 6.07) is 11.0. The minimum atomic E-state index is -0.266. The van der Waals surface area contributed by atoms with Crippen LogP contribution in [0.15, 0.2) is 46.9 Å². The van der Waals surface area contributed by atoms with Gasteiger partial charge in [0.05, 0.1) is 0 Å². The highest BCUT2D eigenvalue weighted by molar-refractivity contribution is 9.10. The van der Waals surface area contributed by atoms with Crippen LogP contribution in [-0.2, 0) is 0 Å². The van der Waals surface area contributed by atoms with Gasteiger partial charge in [-0.2, -0.15) is 0 Å². The van der Waals surface area contributed by atoms with Crippen molar-refractivity contribution in [2.45, 2.75) is 25.9 Å². The van der Waals surface area contributed by atoms with Crippen LogP contribution in [0.3, 0.4) is 0 Å². The van der Waals surface area contributed by atoms with Crippen molar-refractivity contribution < 1.29 is 8.78 Å². The highest BCUT2D eigenvalue weighted by Crippen LogP contribution is 2.24. The highest BCUT2D eigenvalue weighted by Gasteiger charge is 2.15. The summed E-state index contributed by atoms with van der Waals surface area (Å²) >= 11 is 3.34. The Bertz CT molecular complexity index is 601. The molecule has 0 aromatic heterocycles. The van der Waals surface area contributed by atoms with Gasteiger partial charge in [-0.15, -0.1) is 0 Å². The molecule has 0 bridgehead atoms. The van der Waals surface area contributed by atoms with Crippen molar-refractivity contribution in [2.75, 3.05) is 0 Å². The molecule has 0 fully saturated rings. The molecule has 2 atom stereocenters. The Labute approximate surface area is 126 Å². The molecule has 106 valence electrons. The first-order valence-electron chi connectivity index (χ1n) is 6.44. The number of halogens is 3. The van der Waals surface area contributed by atoms with Gasteiger partial charge in [-0.25, -0.2) is 8.78 Å². The number of nitrogens with one attached hydrogen (secondary N) is 1. The second kappa shape index (κ2) is 6.46. The molecule has 20 heavy (non-hydrogen) atoms. The summed E-state index contributed by atoms with van der Waals surface area (Å²) in [5.74, 6) is -0.517. The third kappa shape index (κ3) is 3.64. The van der Waals surface area contributed by atoms with Crippen molar-refractivity contribution in [3.8, 4) is 0 Å². The van der Waals surface area contributed by atoms with E-state index in [4.69, 9.17) is 0 Å². The fourth-order valence-corrected chi connectivity index (χ4v) is 2.56. The van der Waals surface area contributed by atoms with E-state index in [2.05, 4.69) is 21.2 Å². The molecule has 0 heterocycles. The molecular formula is C16H16BrF2N. The van der Waals surface area contributed by atoms with E-state index in [-0.39, 0.29) is 23.7 Å². The predicted octanol–water partition coefficient (Wildman–Crippen LogP) is 5.14. The van der Waals surface area contributed by atoms with Crippen LogP contribution in [0.2, 0.25) is 0 Å². The Morgan fingerprint density at radius 2 is 1.75 bits per heavy atom. The molecule has 0 saturated heterocycles. The Hall–Kier alpha value is -1.26. The Morgan fingerprint density at radius 1 is 1.00 bits per heavy atom. The van der Waals surface area contributed by atoms with Gasteiger partial charge in [0.2, 0.25) is 0 Å². The van der Waals surface area contributed by atoms with Gasteiger partial charge in [-0.1, -0.05) is 28.1 Å². The van der Waals surface area contributed by atoms with Crippen LogP contribution in [0.1, 0.15) is 37.1 Å². The summed E-state index contributed by atoms with van der Waals surface area (Å²) in [6.07, 6.45) is 0. The summed E-state index contributed by atoms with van der Waals surface area (Å²) in [7, 11) is 0. The van der Waals surface area contributed by atoms with Crippen molar-refractivity contribution in [1.29, 1.82) is 0 Å². The minimum absolute atomic E-state index is 0.0703. The number of benzene rings is 2. The molecule has 0 aliphatic rings. The van der Waals surface area contributed by atoms with Crippen molar-refractivity contribution in [2.24, 2.45) is 0 Å². The average Bonchev–Trinajstić information content (AvgIpc) is 2.41. The Kier molecular flexibility index (Phi) is 4.89. The van der Waals surface area contributed by atoms with E-state index in [1.807, 2.05) is 19.9 Å². The largest absolute Gasteiger partial charge is 0.304 e. The van der Waals surface area contributed by atoms with Crippen LogP contribution in [0.4, 0.5) is 8.78 Å². The van der Waals surface area contributed by atoms with Crippen LogP contribution >= 0.6 is 15.9 Å². The quantitative estimate of drug-likeness (QED) is 0.813.